The number of rotatable bonds is 21. The number of aromatic amines is 2. The Hall–Kier alpha value is -3.88. The van der Waals surface area contributed by atoms with Gasteiger partial charge in [0.05, 0.1) is 22.8 Å². The zero-order valence-electron chi connectivity index (χ0n) is 43.1. The Labute approximate surface area is 502 Å². The van der Waals surface area contributed by atoms with Crippen LogP contribution in [-0.4, -0.2) is 19.9 Å². The first-order valence-corrected chi connectivity index (χ1v) is 25.9. The summed E-state index contributed by atoms with van der Waals surface area (Å²) >= 11 is 0. The summed E-state index contributed by atoms with van der Waals surface area (Å²) in [6.07, 6.45) is 47.9. The molecule has 9 heterocycles. The average Bonchev–Trinajstić information content (AvgIpc) is 4.22. The number of aryl methyl sites for hydroxylation is 4. The molecule has 384 valence electrons. The molecule has 8 nitrogen and oxygen atoms in total. The van der Waals surface area contributed by atoms with Crippen molar-refractivity contribution in [3.63, 3.8) is 0 Å². The molecular weight excluding hydrogens is 1350 g/mol. The summed E-state index contributed by atoms with van der Waals surface area (Å²) in [6, 6.07) is 26.3. The normalized spacial score (nSPS) is 11.4. The maximum atomic E-state index is 5.52. The van der Waals surface area contributed by atoms with Gasteiger partial charge in [0.15, 0.2) is 49.6 Å². The van der Waals surface area contributed by atoms with Crippen molar-refractivity contribution in [1.29, 1.82) is 0 Å². The fraction of sp³-hybridized carbons (Fsp3) is 0.344. The number of fused-ring (bicyclic) bond motifs is 8. The minimum Gasteiger partial charge on any atom is -1.00 e. The van der Waals surface area contributed by atoms with Gasteiger partial charge in [-0.2, -0.15) is 0 Å². The van der Waals surface area contributed by atoms with E-state index in [1.165, 1.54) is 103 Å². The van der Waals surface area contributed by atoms with Crippen molar-refractivity contribution in [2.45, 2.75) is 116 Å². The van der Waals surface area contributed by atoms with Gasteiger partial charge in [0.1, 0.15) is 27.7 Å². The Morgan fingerprint density at radius 1 is 0.329 bits per heavy atom. The van der Waals surface area contributed by atoms with Crippen LogP contribution in [0.2, 0.25) is 0 Å². The molecule has 0 aliphatic carbocycles. The van der Waals surface area contributed by atoms with Gasteiger partial charge in [0.25, 0.3) is 0 Å². The van der Waals surface area contributed by atoms with Crippen LogP contribution >= 0.6 is 0 Å². The summed E-state index contributed by atoms with van der Waals surface area (Å²) < 4.78 is 8.55. The fourth-order valence-electron chi connectivity index (χ4n) is 10.0. The predicted molar refractivity (Wildman–Crippen MR) is 284 cm³/mol. The molecule has 0 spiro atoms. The van der Waals surface area contributed by atoms with Crippen LogP contribution in [0, 0.1) is 0 Å². The second-order valence-electron chi connectivity index (χ2n) is 19.4. The largest absolute Gasteiger partial charge is 1.00 e. The van der Waals surface area contributed by atoms with E-state index in [1.807, 2.05) is 7.05 Å². The number of nitrogens with one attached hydrogen (secondary N) is 2. The molecule has 0 aromatic carbocycles. The van der Waals surface area contributed by atoms with Crippen molar-refractivity contribution in [2.24, 2.45) is 21.1 Å². The monoisotopic (exact) mass is 1420 g/mol. The lowest BCUT2D eigenvalue weighted by atomic mass is 10.0. The number of pyridine rings is 4. The Balaban J connectivity index is 0.00000247. The fourth-order valence-corrected chi connectivity index (χ4v) is 10.0. The molecule has 0 atom stereocenters. The molecule has 73 heavy (non-hydrogen) atoms. The summed E-state index contributed by atoms with van der Waals surface area (Å²) in [5.74, 6) is 0. The van der Waals surface area contributed by atoms with Crippen molar-refractivity contribution in [2.75, 3.05) is 0 Å². The van der Waals surface area contributed by atoms with E-state index in [-0.39, 0.29) is 95.9 Å². The lowest BCUT2D eigenvalue weighted by molar-refractivity contribution is -0.697. The van der Waals surface area contributed by atoms with Gasteiger partial charge in [-0.3, -0.25) is 0 Å². The molecule has 7 aromatic rings. The summed E-state index contributed by atoms with van der Waals surface area (Å²) in [5, 5.41) is 0. The van der Waals surface area contributed by atoms with E-state index in [1.54, 1.807) is 0 Å². The molecule has 9 rings (SSSR count). The number of H-pyrrole nitrogens is 2. The summed E-state index contributed by atoms with van der Waals surface area (Å²) in [6.45, 7) is 3.32. The van der Waals surface area contributed by atoms with E-state index in [4.69, 9.17) is 9.97 Å². The van der Waals surface area contributed by atoms with Gasteiger partial charge >= 0.3 is 0 Å². The van der Waals surface area contributed by atoms with Crippen molar-refractivity contribution in [3.05, 3.63) is 145 Å². The van der Waals surface area contributed by atoms with Crippen LogP contribution in [0.4, 0.5) is 0 Å². The first kappa shape index (κ1) is 60.0. The number of unbranched alkanes of at least 4 members (excludes halogenated alkanes) is 15. The zero-order valence-corrected chi connectivity index (χ0v) is 51.7. The number of aromatic nitrogens is 8. The smallest absolute Gasteiger partial charge is 0.169 e. The van der Waals surface area contributed by atoms with E-state index >= 15 is 0 Å². The molecule has 7 aromatic heterocycles. The third-order valence-electron chi connectivity index (χ3n) is 14.0. The van der Waals surface area contributed by atoms with Crippen LogP contribution in [0.3, 0.4) is 0 Å². The van der Waals surface area contributed by atoms with Gasteiger partial charge in [-0.05, 0) is 77.2 Å². The Bertz CT molecular complexity index is 3020. The topological polar surface area (TPSA) is 72.9 Å². The molecule has 0 saturated carbocycles. The van der Waals surface area contributed by atoms with E-state index in [9.17, 15) is 0 Å². The quantitative estimate of drug-likeness (QED) is 0.0650. The molecule has 0 unspecified atom stereocenters. The molecule has 2 aliphatic heterocycles. The highest BCUT2D eigenvalue weighted by Gasteiger charge is 2.20. The molecule has 2 N–H and O–H groups in total. The molecule has 0 radical (unpaired) electrons. The lowest BCUT2D eigenvalue weighted by Crippen LogP contribution is -3.00. The van der Waals surface area contributed by atoms with Gasteiger partial charge in [0, 0.05) is 99.3 Å². The zero-order chi connectivity index (χ0) is 47.4. The molecule has 12 heteroatoms. The second-order valence-corrected chi connectivity index (χ2v) is 19.4. The van der Waals surface area contributed by atoms with Crippen LogP contribution < -0.4 is 114 Å². The molecule has 2 aliphatic rings. The van der Waals surface area contributed by atoms with Crippen molar-refractivity contribution < 1.29 is 114 Å². The average molecular weight is 1420 g/mol. The van der Waals surface area contributed by atoms with Crippen molar-refractivity contribution in [1.82, 2.24) is 19.9 Å². The maximum absolute atomic E-state index is 5.52. The number of nitrogens with zero attached hydrogens (tertiary/aromatic N) is 6. The van der Waals surface area contributed by atoms with Crippen LogP contribution in [0.1, 0.15) is 132 Å². The van der Waals surface area contributed by atoms with Gasteiger partial charge in [-0.1, -0.05) is 96.8 Å². The lowest BCUT2D eigenvalue weighted by Gasteiger charge is -2.06. The highest BCUT2D eigenvalue weighted by Crippen LogP contribution is 2.38. The van der Waals surface area contributed by atoms with Gasteiger partial charge in [-0.15, -0.1) is 0 Å². The Kier molecular flexibility index (Phi) is 24.7. The van der Waals surface area contributed by atoms with Gasteiger partial charge < -0.3 is 106 Å². The van der Waals surface area contributed by atoms with Crippen molar-refractivity contribution in [3.8, 4) is 44.5 Å². The van der Waals surface area contributed by atoms with Crippen LogP contribution in [0.15, 0.2) is 122 Å². The number of hydrogen-bond acceptors (Lipinski definition) is 2. The van der Waals surface area contributed by atoms with E-state index in [0.29, 0.717) is 0 Å². The SMILES string of the molecule is CCCCCCCCCCCCCCCCCC[n+]1ccc(-c2c3nc(c(-c4cc[n+](C)cc4)c4ccc([nH]4)c(-c4cc[n+](C)cc4)c4nc(c(-c5cc[n+](C)cc5)c5ccc2[nH]5)C=C4)C=C3)cc1.[I-].[I-].[I-].[I-]. The van der Waals surface area contributed by atoms with Crippen molar-refractivity contribution >= 4 is 46.4 Å². The highest BCUT2D eigenvalue weighted by atomic mass is 127. The molecule has 0 saturated heterocycles. The van der Waals surface area contributed by atoms with Gasteiger partial charge in [0.2, 0.25) is 0 Å². The van der Waals surface area contributed by atoms with Crippen LogP contribution in [0.5, 0.6) is 0 Å². The predicted octanol–water partition coefficient (Wildman–Crippen LogP) is 1.36. The summed E-state index contributed by atoms with van der Waals surface area (Å²) in [4.78, 5) is 18.8. The first-order chi connectivity index (χ1) is 33.9. The number of halogens is 4. The van der Waals surface area contributed by atoms with E-state index in [2.05, 4.69) is 196 Å². The van der Waals surface area contributed by atoms with E-state index in [0.717, 1.165) is 95.9 Å². The second kappa shape index (κ2) is 30.0. The minimum absolute atomic E-state index is 0. The standard InChI is InChI=1S/C61H71N8.4HI/c1-5-6-7-8-9-10-11-12-13-14-15-16-17-18-19-20-37-69-44-35-49(36-45-69)61-56-27-25-54(64-56)59(47-31-40-67(3)41-32-47)52-23-21-50(62-52)58(46-29-38-66(2)39-30-46)51-22-24-53(63-51)60(55-26-28-57(61)65-55)48-33-42-68(4)43-34-48;;;;/h21-36,38-45H,5-20,37H2,1-4H3,(H,62,63,64,65);4*1H/q+3;;;;/p-3. The molecule has 0 fully saturated rings. The first-order valence-electron chi connectivity index (χ1n) is 25.9. The highest BCUT2D eigenvalue weighted by molar-refractivity contribution is 5.99. The molecule has 0 amide bonds. The Morgan fingerprint density at radius 3 is 0.849 bits per heavy atom. The van der Waals surface area contributed by atoms with E-state index < -0.39 is 0 Å². The summed E-state index contributed by atoms with van der Waals surface area (Å²) in [7, 11) is 6.16. The third kappa shape index (κ3) is 15.6. The van der Waals surface area contributed by atoms with Gasteiger partial charge in [-0.25, -0.2) is 28.2 Å². The third-order valence-corrected chi connectivity index (χ3v) is 14.0. The number of hydrogen-bond donors (Lipinski definition) is 2. The Morgan fingerprint density at radius 2 is 0.575 bits per heavy atom. The summed E-state index contributed by atoms with van der Waals surface area (Å²) in [5.41, 5.74) is 16.1. The maximum Gasteiger partial charge on any atom is 0.169 e. The molecule has 8 bridgehead atoms. The minimum atomic E-state index is 0. The molecular formula is C61H72I4N8. The van der Waals surface area contributed by atoms with Crippen LogP contribution in [0.25, 0.3) is 90.9 Å². The van der Waals surface area contributed by atoms with Crippen LogP contribution in [-0.2, 0) is 27.7 Å².